The average Bonchev–Trinajstić information content (AvgIpc) is 2.87. The SMILES string of the molecule is C[C@@H](O)c1ccc(OC2CCOC3(CCCC3)C2)cc1. The molecular formula is C17H24O3. The summed E-state index contributed by atoms with van der Waals surface area (Å²) in [5.74, 6) is 0.898. The molecule has 1 spiro atoms. The average molecular weight is 276 g/mol. The summed E-state index contributed by atoms with van der Waals surface area (Å²) in [4.78, 5) is 0. The van der Waals surface area contributed by atoms with Crippen molar-refractivity contribution >= 4 is 0 Å². The Morgan fingerprint density at radius 3 is 2.60 bits per heavy atom. The monoisotopic (exact) mass is 276 g/mol. The fraction of sp³-hybridized carbons (Fsp3) is 0.647. The molecule has 1 aromatic rings. The predicted molar refractivity (Wildman–Crippen MR) is 77.9 cm³/mol. The van der Waals surface area contributed by atoms with Gasteiger partial charge in [0.05, 0.1) is 18.3 Å². The Hall–Kier alpha value is -1.06. The molecule has 1 aromatic carbocycles. The summed E-state index contributed by atoms with van der Waals surface area (Å²) in [7, 11) is 0. The van der Waals surface area contributed by atoms with Crippen LogP contribution in [0.3, 0.4) is 0 Å². The number of rotatable bonds is 3. The molecule has 20 heavy (non-hydrogen) atoms. The molecule has 2 aliphatic rings. The number of aliphatic hydroxyl groups excluding tert-OH is 1. The van der Waals surface area contributed by atoms with E-state index in [2.05, 4.69) is 0 Å². The van der Waals surface area contributed by atoms with Gasteiger partial charge in [0.2, 0.25) is 0 Å². The van der Waals surface area contributed by atoms with Gasteiger partial charge in [0.25, 0.3) is 0 Å². The minimum Gasteiger partial charge on any atom is -0.490 e. The number of hydrogen-bond donors (Lipinski definition) is 1. The van der Waals surface area contributed by atoms with E-state index < -0.39 is 6.10 Å². The molecule has 0 bridgehead atoms. The van der Waals surface area contributed by atoms with E-state index in [0.29, 0.717) is 0 Å². The predicted octanol–water partition coefficient (Wildman–Crippen LogP) is 3.61. The smallest absolute Gasteiger partial charge is 0.119 e. The molecule has 3 nitrogen and oxygen atoms in total. The van der Waals surface area contributed by atoms with E-state index in [4.69, 9.17) is 9.47 Å². The zero-order valence-electron chi connectivity index (χ0n) is 12.2. The molecule has 1 N–H and O–H groups in total. The van der Waals surface area contributed by atoms with Crippen LogP contribution in [0.15, 0.2) is 24.3 Å². The highest BCUT2D eigenvalue weighted by molar-refractivity contribution is 5.28. The van der Waals surface area contributed by atoms with Crippen molar-refractivity contribution in [3.8, 4) is 5.75 Å². The lowest BCUT2D eigenvalue weighted by Crippen LogP contribution is -2.41. The van der Waals surface area contributed by atoms with Gasteiger partial charge < -0.3 is 14.6 Å². The Kier molecular flexibility index (Phi) is 3.99. The lowest BCUT2D eigenvalue weighted by molar-refractivity contribution is -0.108. The Morgan fingerprint density at radius 2 is 1.95 bits per heavy atom. The van der Waals surface area contributed by atoms with Crippen LogP contribution in [0.1, 0.15) is 57.1 Å². The van der Waals surface area contributed by atoms with Crippen LogP contribution in [-0.2, 0) is 4.74 Å². The first-order valence-electron chi connectivity index (χ1n) is 7.76. The van der Waals surface area contributed by atoms with Gasteiger partial charge in [-0.1, -0.05) is 25.0 Å². The highest BCUT2D eigenvalue weighted by atomic mass is 16.5. The van der Waals surface area contributed by atoms with Gasteiger partial charge >= 0.3 is 0 Å². The van der Waals surface area contributed by atoms with Crippen molar-refractivity contribution in [2.75, 3.05) is 6.61 Å². The Morgan fingerprint density at radius 1 is 1.25 bits per heavy atom. The zero-order valence-corrected chi connectivity index (χ0v) is 12.2. The molecule has 0 amide bonds. The fourth-order valence-corrected chi connectivity index (χ4v) is 3.47. The van der Waals surface area contributed by atoms with Gasteiger partial charge in [0.1, 0.15) is 11.9 Å². The second-order valence-electron chi connectivity index (χ2n) is 6.22. The minimum absolute atomic E-state index is 0.0997. The van der Waals surface area contributed by atoms with Gasteiger partial charge in [0, 0.05) is 12.8 Å². The summed E-state index contributed by atoms with van der Waals surface area (Å²) in [6.45, 7) is 2.59. The summed E-state index contributed by atoms with van der Waals surface area (Å²) < 4.78 is 12.1. The first kappa shape index (κ1) is 13.9. The Balaban J connectivity index is 1.62. The number of ether oxygens (including phenoxy) is 2. The zero-order chi connectivity index (χ0) is 14.0. The lowest BCUT2D eigenvalue weighted by atomic mass is 9.90. The normalized spacial score (nSPS) is 26.6. The quantitative estimate of drug-likeness (QED) is 0.916. The molecule has 3 heteroatoms. The van der Waals surface area contributed by atoms with Crippen LogP contribution in [0.4, 0.5) is 0 Å². The van der Waals surface area contributed by atoms with Gasteiger partial charge in [0.15, 0.2) is 0 Å². The van der Waals surface area contributed by atoms with Crippen molar-refractivity contribution in [1.29, 1.82) is 0 Å². The molecule has 2 atom stereocenters. The van der Waals surface area contributed by atoms with Crippen LogP contribution < -0.4 is 4.74 Å². The second-order valence-corrected chi connectivity index (χ2v) is 6.22. The number of benzene rings is 1. The van der Waals surface area contributed by atoms with E-state index in [1.54, 1.807) is 6.92 Å². The summed E-state index contributed by atoms with van der Waals surface area (Å²) in [5, 5.41) is 9.52. The van der Waals surface area contributed by atoms with Gasteiger partial charge in [-0.2, -0.15) is 0 Å². The molecule has 1 heterocycles. The fourth-order valence-electron chi connectivity index (χ4n) is 3.47. The van der Waals surface area contributed by atoms with Crippen LogP contribution >= 0.6 is 0 Å². The van der Waals surface area contributed by atoms with E-state index in [0.717, 1.165) is 30.8 Å². The van der Waals surface area contributed by atoms with Gasteiger partial charge in [-0.15, -0.1) is 0 Å². The number of aliphatic hydroxyl groups is 1. The third-order valence-electron chi connectivity index (χ3n) is 4.63. The summed E-state index contributed by atoms with van der Waals surface area (Å²) in [6, 6.07) is 7.78. The van der Waals surface area contributed by atoms with Gasteiger partial charge in [-0.05, 0) is 37.5 Å². The molecule has 110 valence electrons. The van der Waals surface area contributed by atoms with Crippen molar-refractivity contribution < 1.29 is 14.6 Å². The molecule has 0 aromatic heterocycles. The largest absolute Gasteiger partial charge is 0.490 e. The van der Waals surface area contributed by atoms with E-state index in [-0.39, 0.29) is 11.7 Å². The molecule has 0 radical (unpaired) electrons. The molecule has 1 unspecified atom stereocenters. The molecule has 1 saturated carbocycles. The lowest BCUT2D eigenvalue weighted by Gasteiger charge is -2.38. The van der Waals surface area contributed by atoms with Crippen molar-refractivity contribution in [3.05, 3.63) is 29.8 Å². The van der Waals surface area contributed by atoms with Crippen LogP contribution in [0.5, 0.6) is 5.75 Å². The first-order valence-corrected chi connectivity index (χ1v) is 7.76. The topological polar surface area (TPSA) is 38.7 Å². The van der Waals surface area contributed by atoms with Crippen molar-refractivity contribution in [2.45, 2.75) is 63.3 Å². The van der Waals surface area contributed by atoms with Crippen LogP contribution in [0, 0.1) is 0 Å². The van der Waals surface area contributed by atoms with Crippen LogP contribution in [-0.4, -0.2) is 23.4 Å². The van der Waals surface area contributed by atoms with E-state index in [1.807, 2.05) is 24.3 Å². The Bertz CT molecular complexity index is 432. The van der Waals surface area contributed by atoms with E-state index in [1.165, 1.54) is 25.7 Å². The summed E-state index contributed by atoms with van der Waals surface area (Å²) >= 11 is 0. The highest BCUT2D eigenvalue weighted by Gasteiger charge is 2.40. The van der Waals surface area contributed by atoms with E-state index >= 15 is 0 Å². The highest BCUT2D eigenvalue weighted by Crippen LogP contribution is 2.40. The molecule has 1 saturated heterocycles. The standard InChI is InChI=1S/C17H24O3/c1-13(18)14-4-6-15(7-5-14)20-16-8-11-19-17(12-16)9-2-3-10-17/h4-7,13,16,18H,2-3,8-12H2,1H3/t13-,16?/m1/s1. The van der Waals surface area contributed by atoms with Crippen molar-refractivity contribution in [2.24, 2.45) is 0 Å². The third kappa shape index (κ3) is 2.99. The molecule has 3 rings (SSSR count). The maximum Gasteiger partial charge on any atom is 0.119 e. The first-order chi connectivity index (χ1) is 9.67. The van der Waals surface area contributed by atoms with Crippen molar-refractivity contribution in [1.82, 2.24) is 0 Å². The molecular weight excluding hydrogens is 252 g/mol. The molecule has 2 fully saturated rings. The Labute approximate surface area is 120 Å². The maximum atomic E-state index is 9.52. The number of hydrogen-bond acceptors (Lipinski definition) is 3. The third-order valence-corrected chi connectivity index (χ3v) is 4.63. The van der Waals surface area contributed by atoms with Gasteiger partial charge in [-0.3, -0.25) is 0 Å². The van der Waals surface area contributed by atoms with Gasteiger partial charge in [-0.25, -0.2) is 0 Å². The van der Waals surface area contributed by atoms with Crippen LogP contribution in [0.25, 0.3) is 0 Å². The minimum atomic E-state index is -0.422. The van der Waals surface area contributed by atoms with Crippen molar-refractivity contribution in [3.63, 3.8) is 0 Å². The molecule has 1 aliphatic heterocycles. The molecule has 1 aliphatic carbocycles. The van der Waals surface area contributed by atoms with E-state index in [9.17, 15) is 5.11 Å². The summed E-state index contributed by atoms with van der Waals surface area (Å²) in [5.41, 5.74) is 1.03. The summed E-state index contributed by atoms with van der Waals surface area (Å²) in [6.07, 6.45) is 6.78. The maximum absolute atomic E-state index is 9.52. The van der Waals surface area contributed by atoms with Crippen LogP contribution in [0.2, 0.25) is 0 Å². The second kappa shape index (κ2) is 5.74.